The predicted molar refractivity (Wildman–Crippen MR) is 142 cm³/mol. The largest absolute Gasteiger partial charge is 0.507 e. The number of likely N-dealkylation sites (N-methyl/N-ethyl adjacent to an activating group) is 1. The molecule has 12 heteroatoms. The SMILES string of the molecule is CN(CC(=O)N(Cc1ccc(C2CCCCC2)cc1)c1ccc(C(=O)O)c(O)c1)C(=O)c1c(F)c(F)c(F)c(F)c1F. The Hall–Kier alpha value is -4.48. The summed E-state index contributed by atoms with van der Waals surface area (Å²) in [5, 5.41) is 19.5. The number of carbonyl (C=O) groups excluding carboxylic acids is 2. The van der Waals surface area contributed by atoms with Crippen molar-refractivity contribution in [1.29, 1.82) is 0 Å². The number of hydrogen-bond acceptors (Lipinski definition) is 4. The number of hydrogen-bond donors (Lipinski definition) is 2. The Labute approximate surface area is 237 Å². The predicted octanol–water partition coefficient (Wildman–Crippen LogP) is 6.14. The van der Waals surface area contributed by atoms with Crippen LogP contribution in [0.25, 0.3) is 0 Å². The molecule has 0 spiro atoms. The maximum Gasteiger partial charge on any atom is 0.339 e. The van der Waals surface area contributed by atoms with Crippen LogP contribution in [-0.2, 0) is 11.3 Å². The summed E-state index contributed by atoms with van der Waals surface area (Å²) in [6, 6.07) is 10.9. The Morgan fingerprint density at radius 2 is 1.40 bits per heavy atom. The number of carbonyl (C=O) groups is 3. The highest BCUT2D eigenvalue weighted by molar-refractivity contribution is 6.01. The molecule has 0 unspecified atom stereocenters. The van der Waals surface area contributed by atoms with Crippen molar-refractivity contribution in [2.75, 3.05) is 18.5 Å². The molecule has 1 aliphatic rings. The molecule has 4 rings (SSSR count). The molecule has 42 heavy (non-hydrogen) atoms. The van der Waals surface area contributed by atoms with Crippen molar-refractivity contribution < 1.29 is 46.5 Å². The zero-order valence-corrected chi connectivity index (χ0v) is 22.5. The van der Waals surface area contributed by atoms with E-state index in [0.29, 0.717) is 16.4 Å². The molecule has 3 aromatic rings. The van der Waals surface area contributed by atoms with Crippen LogP contribution in [0, 0.1) is 29.1 Å². The first-order valence-electron chi connectivity index (χ1n) is 13.1. The lowest BCUT2D eigenvalue weighted by molar-refractivity contribution is -0.119. The van der Waals surface area contributed by atoms with Gasteiger partial charge >= 0.3 is 5.97 Å². The zero-order chi connectivity index (χ0) is 30.7. The minimum Gasteiger partial charge on any atom is -0.507 e. The first-order valence-corrected chi connectivity index (χ1v) is 13.1. The Bertz CT molecular complexity index is 1490. The average molecular weight is 591 g/mol. The van der Waals surface area contributed by atoms with E-state index in [1.165, 1.54) is 12.5 Å². The molecule has 0 radical (unpaired) electrons. The van der Waals surface area contributed by atoms with Gasteiger partial charge in [-0.25, -0.2) is 26.7 Å². The summed E-state index contributed by atoms with van der Waals surface area (Å²) in [4.78, 5) is 39.1. The average Bonchev–Trinajstić information content (AvgIpc) is 2.98. The van der Waals surface area contributed by atoms with E-state index in [4.69, 9.17) is 0 Å². The van der Waals surface area contributed by atoms with Gasteiger partial charge in [-0.3, -0.25) is 9.59 Å². The lowest BCUT2D eigenvalue weighted by Gasteiger charge is -2.27. The molecule has 0 bridgehead atoms. The maximum atomic E-state index is 14.2. The quantitative estimate of drug-likeness (QED) is 0.187. The third-order valence-electron chi connectivity index (χ3n) is 7.36. The van der Waals surface area contributed by atoms with Crippen molar-refractivity contribution in [1.82, 2.24) is 4.90 Å². The molecule has 0 atom stereocenters. The van der Waals surface area contributed by atoms with Crippen LogP contribution in [0.15, 0.2) is 42.5 Å². The number of phenols is 1. The number of aromatic carboxylic acids is 1. The van der Waals surface area contributed by atoms with Gasteiger partial charge in [-0.2, -0.15) is 0 Å². The number of carboxylic acid groups (broad SMARTS) is 1. The number of nitrogens with zero attached hydrogens (tertiary/aromatic N) is 2. The van der Waals surface area contributed by atoms with Crippen LogP contribution in [0.3, 0.4) is 0 Å². The summed E-state index contributed by atoms with van der Waals surface area (Å²) < 4.78 is 69.3. The number of rotatable bonds is 8. The summed E-state index contributed by atoms with van der Waals surface area (Å²) in [7, 11) is 0.945. The van der Waals surface area contributed by atoms with Crippen molar-refractivity contribution in [2.24, 2.45) is 0 Å². The van der Waals surface area contributed by atoms with Gasteiger partial charge in [0.05, 0.1) is 6.54 Å². The fraction of sp³-hybridized carbons (Fsp3) is 0.300. The monoisotopic (exact) mass is 590 g/mol. The first kappa shape index (κ1) is 30.5. The van der Waals surface area contributed by atoms with E-state index in [9.17, 15) is 46.5 Å². The van der Waals surface area contributed by atoms with E-state index in [1.807, 2.05) is 12.1 Å². The minimum absolute atomic E-state index is 0.0379. The minimum atomic E-state index is -2.43. The third-order valence-corrected chi connectivity index (χ3v) is 7.36. The molecule has 0 aliphatic heterocycles. The molecule has 1 aliphatic carbocycles. The van der Waals surface area contributed by atoms with Gasteiger partial charge in [0.15, 0.2) is 23.3 Å². The Morgan fingerprint density at radius 1 is 0.833 bits per heavy atom. The maximum absolute atomic E-state index is 14.2. The van der Waals surface area contributed by atoms with Crippen LogP contribution in [0.5, 0.6) is 5.75 Å². The molecular weight excluding hydrogens is 563 g/mol. The summed E-state index contributed by atoms with van der Waals surface area (Å²) in [6.07, 6.45) is 5.62. The van der Waals surface area contributed by atoms with Crippen molar-refractivity contribution in [3.63, 3.8) is 0 Å². The van der Waals surface area contributed by atoms with E-state index in [1.54, 1.807) is 12.1 Å². The molecule has 2 N–H and O–H groups in total. The van der Waals surface area contributed by atoms with Gasteiger partial charge < -0.3 is 20.0 Å². The van der Waals surface area contributed by atoms with E-state index in [0.717, 1.165) is 55.3 Å². The van der Waals surface area contributed by atoms with E-state index >= 15 is 0 Å². The van der Waals surface area contributed by atoms with Crippen LogP contribution < -0.4 is 4.90 Å². The van der Waals surface area contributed by atoms with Crippen LogP contribution in [0.4, 0.5) is 27.6 Å². The second-order valence-electron chi connectivity index (χ2n) is 10.2. The van der Waals surface area contributed by atoms with Crippen LogP contribution >= 0.6 is 0 Å². The smallest absolute Gasteiger partial charge is 0.339 e. The normalized spacial score (nSPS) is 13.6. The first-order chi connectivity index (χ1) is 19.9. The van der Waals surface area contributed by atoms with Gasteiger partial charge in [0, 0.05) is 18.8 Å². The molecule has 1 fully saturated rings. The standard InChI is InChI=1S/C30H27F5N2O5/c1-36(29(40)23-24(31)26(33)28(35)27(34)25(23)32)15-22(39)37(19-11-12-20(30(41)42)21(38)13-19)14-16-7-9-18(10-8-16)17-5-3-2-4-6-17/h7-13,17,38H,2-6,14-15H2,1H3,(H,41,42). The molecule has 0 aromatic heterocycles. The number of anilines is 1. The molecule has 3 aromatic carbocycles. The second-order valence-corrected chi connectivity index (χ2v) is 10.2. The van der Waals surface area contributed by atoms with Crippen molar-refractivity contribution in [3.05, 3.63) is 93.8 Å². The number of amides is 2. The molecule has 2 amide bonds. The van der Waals surface area contributed by atoms with Gasteiger partial charge in [0.2, 0.25) is 11.7 Å². The molecular formula is C30H27F5N2O5. The molecule has 0 saturated heterocycles. The van der Waals surface area contributed by atoms with Gasteiger partial charge in [0.1, 0.15) is 23.4 Å². The number of benzene rings is 3. The van der Waals surface area contributed by atoms with E-state index < -0.39 is 70.3 Å². The Kier molecular flexibility index (Phi) is 9.13. The highest BCUT2D eigenvalue weighted by Gasteiger charge is 2.32. The van der Waals surface area contributed by atoms with Crippen LogP contribution in [0.1, 0.15) is 69.9 Å². The number of carboxylic acids is 1. The van der Waals surface area contributed by atoms with Crippen LogP contribution in [-0.4, -0.2) is 46.5 Å². The van der Waals surface area contributed by atoms with Gasteiger partial charge in [0.25, 0.3) is 5.91 Å². The Balaban J connectivity index is 1.62. The molecule has 1 saturated carbocycles. The zero-order valence-electron chi connectivity index (χ0n) is 22.5. The second kappa shape index (κ2) is 12.6. The summed E-state index contributed by atoms with van der Waals surface area (Å²) >= 11 is 0. The van der Waals surface area contributed by atoms with Gasteiger partial charge in [-0.15, -0.1) is 0 Å². The van der Waals surface area contributed by atoms with E-state index in [-0.39, 0.29) is 12.2 Å². The highest BCUT2D eigenvalue weighted by atomic mass is 19.2. The lowest BCUT2D eigenvalue weighted by atomic mass is 9.84. The van der Waals surface area contributed by atoms with Crippen molar-refractivity contribution >= 4 is 23.5 Å². The van der Waals surface area contributed by atoms with Gasteiger partial charge in [-0.05, 0) is 42.0 Å². The summed E-state index contributed by atoms with van der Waals surface area (Å²) in [5.74, 6) is -15.8. The third kappa shape index (κ3) is 6.22. The molecule has 0 heterocycles. The fourth-order valence-corrected chi connectivity index (χ4v) is 5.05. The summed E-state index contributed by atoms with van der Waals surface area (Å²) in [6.45, 7) is -0.972. The topological polar surface area (TPSA) is 98.2 Å². The Morgan fingerprint density at radius 3 is 1.95 bits per heavy atom. The lowest BCUT2D eigenvalue weighted by Crippen LogP contribution is -2.41. The van der Waals surface area contributed by atoms with E-state index in [2.05, 4.69) is 0 Å². The highest BCUT2D eigenvalue weighted by Crippen LogP contribution is 2.33. The van der Waals surface area contributed by atoms with Crippen molar-refractivity contribution in [2.45, 2.75) is 44.6 Å². The van der Waals surface area contributed by atoms with Crippen LogP contribution in [0.2, 0.25) is 0 Å². The van der Waals surface area contributed by atoms with Gasteiger partial charge in [-0.1, -0.05) is 43.5 Å². The number of aromatic hydroxyl groups is 1. The fourth-order valence-electron chi connectivity index (χ4n) is 5.05. The molecule has 7 nitrogen and oxygen atoms in total. The molecule has 222 valence electrons. The van der Waals surface area contributed by atoms with Crippen molar-refractivity contribution in [3.8, 4) is 5.75 Å². The summed E-state index contributed by atoms with van der Waals surface area (Å²) in [5.41, 5.74) is -0.320. The number of halogens is 5.